The van der Waals surface area contributed by atoms with Crippen LogP contribution in [0.5, 0.6) is 0 Å². The molecular weight excluding hydrogens is 294 g/mol. The molecule has 0 spiro atoms. The number of amides is 1. The van der Waals surface area contributed by atoms with Crippen molar-refractivity contribution in [3.05, 3.63) is 35.9 Å². The van der Waals surface area contributed by atoms with Crippen LogP contribution in [-0.2, 0) is 16.1 Å². The summed E-state index contributed by atoms with van der Waals surface area (Å²) in [7, 11) is 0. The number of hydrogen-bond acceptors (Lipinski definition) is 4. The summed E-state index contributed by atoms with van der Waals surface area (Å²) in [5.74, 6) is 0. The standard InChI is InChI=1S/C18H27NO4/c1-18(2,3)23-17(21)19-11-16(10-9-15(19)12-20)22-13-14-7-5-4-6-8-14/h4-8,15-16,20H,9-13H2,1-3H3/t15-,16-/m0/s1. The number of aliphatic hydroxyl groups is 1. The summed E-state index contributed by atoms with van der Waals surface area (Å²) in [6.45, 7) is 6.44. The Morgan fingerprint density at radius 2 is 1.96 bits per heavy atom. The van der Waals surface area contributed by atoms with Gasteiger partial charge in [0.15, 0.2) is 0 Å². The molecule has 1 aromatic carbocycles. The lowest BCUT2D eigenvalue weighted by Crippen LogP contribution is -2.52. The number of nitrogens with zero attached hydrogens (tertiary/aromatic N) is 1. The monoisotopic (exact) mass is 321 g/mol. The van der Waals surface area contributed by atoms with Gasteiger partial charge in [-0.1, -0.05) is 30.3 Å². The van der Waals surface area contributed by atoms with Gasteiger partial charge in [0.05, 0.1) is 31.9 Å². The van der Waals surface area contributed by atoms with Crippen LogP contribution in [0.25, 0.3) is 0 Å². The summed E-state index contributed by atoms with van der Waals surface area (Å²) in [6, 6.07) is 9.78. The zero-order valence-electron chi connectivity index (χ0n) is 14.2. The van der Waals surface area contributed by atoms with Gasteiger partial charge in [0, 0.05) is 0 Å². The van der Waals surface area contributed by atoms with Gasteiger partial charge in [-0.2, -0.15) is 0 Å². The number of carbonyl (C=O) groups excluding carboxylic acids is 1. The average Bonchev–Trinajstić information content (AvgIpc) is 2.52. The number of benzene rings is 1. The maximum absolute atomic E-state index is 12.3. The molecule has 0 bridgehead atoms. The van der Waals surface area contributed by atoms with Crippen molar-refractivity contribution < 1.29 is 19.4 Å². The third-order valence-electron chi connectivity index (χ3n) is 3.83. The highest BCUT2D eigenvalue weighted by Gasteiger charge is 2.34. The molecule has 0 aliphatic carbocycles. The van der Waals surface area contributed by atoms with Crippen LogP contribution in [0.2, 0.25) is 0 Å². The first-order chi connectivity index (χ1) is 10.9. The molecule has 5 nitrogen and oxygen atoms in total. The van der Waals surface area contributed by atoms with Crippen molar-refractivity contribution in [1.82, 2.24) is 4.90 Å². The Balaban J connectivity index is 1.93. The molecule has 1 aromatic rings. The van der Waals surface area contributed by atoms with Crippen LogP contribution in [-0.4, -0.2) is 47.0 Å². The van der Waals surface area contributed by atoms with Crippen LogP contribution in [0, 0.1) is 0 Å². The topological polar surface area (TPSA) is 59.0 Å². The smallest absolute Gasteiger partial charge is 0.410 e. The molecule has 2 atom stereocenters. The Morgan fingerprint density at radius 1 is 1.26 bits per heavy atom. The second-order valence-corrected chi connectivity index (χ2v) is 6.97. The van der Waals surface area contributed by atoms with E-state index in [4.69, 9.17) is 9.47 Å². The second-order valence-electron chi connectivity index (χ2n) is 6.97. The largest absolute Gasteiger partial charge is 0.444 e. The number of piperidine rings is 1. The minimum absolute atomic E-state index is 0.0366. The zero-order chi connectivity index (χ0) is 16.9. The Hall–Kier alpha value is -1.59. The maximum Gasteiger partial charge on any atom is 0.410 e. The van der Waals surface area contributed by atoms with Crippen LogP contribution in [0.15, 0.2) is 30.3 Å². The molecular formula is C18H27NO4. The molecule has 2 rings (SSSR count). The molecule has 1 amide bonds. The normalized spacial score (nSPS) is 22.0. The summed E-state index contributed by atoms with van der Waals surface area (Å²) >= 11 is 0. The van der Waals surface area contributed by atoms with Gasteiger partial charge >= 0.3 is 6.09 Å². The fourth-order valence-corrected chi connectivity index (χ4v) is 2.65. The molecule has 1 heterocycles. The molecule has 1 N–H and O–H groups in total. The van der Waals surface area contributed by atoms with E-state index in [1.807, 2.05) is 51.1 Å². The number of likely N-dealkylation sites (tertiary alicyclic amines) is 1. The number of ether oxygens (including phenoxy) is 2. The number of rotatable bonds is 4. The Bertz CT molecular complexity index is 497. The van der Waals surface area contributed by atoms with Crippen LogP contribution in [0.1, 0.15) is 39.2 Å². The van der Waals surface area contributed by atoms with E-state index < -0.39 is 5.60 Å². The highest BCUT2D eigenvalue weighted by atomic mass is 16.6. The van der Waals surface area contributed by atoms with Crippen LogP contribution >= 0.6 is 0 Å². The molecule has 0 unspecified atom stereocenters. The van der Waals surface area contributed by atoms with Gasteiger partial charge in [-0.3, -0.25) is 0 Å². The van der Waals surface area contributed by atoms with Crippen molar-refractivity contribution in [2.75, 3.05) is 13.2 Å². The molecule has 1 aliphatic heterocycles. The van der Waals surface area contributed by atoms with Crippen LogP contribution in [0.4, 0.5) is 4.79 Å². The van der Waals surface area contributed by atoms with Gasteiger partial charge in [0.25, 0.3) is 0 Å². The fourth-order valence-electron chi connectivity index (χ4n) is 2.65. The van der Waals surface area contributed by atoms with Gasteiger partial charge in [0.1, 0.15) is 5.60 Å². The van der Waals surface area contributed by atoms with Crippen LogP contribution in [0.3, 0.4) is 0 Å². The third-order valence-corrected chi connectivity index (χ3v) is 3.83. The minimum atomic E-state index is -0.547. The average molecular weight is 321 g/mol. The summed E-state index contributed by atoms with van der Waals surface area (Å²) in [6.07, 6.45) is 1.13. The number of carbonyl (C=O) groups is 1. The minimum Gasteiger partial charge on any atom is -0.444 e. The van der Waals surface area contributed by atoms with E-state index in [1.54, 1.807) is 4.90 Å². The predicted molar refractivity (Wildman–Crippen MR) is 88.1 cm³/mol. The first-order valence-corrected chi connectivity index (χ1v) is 8.15. The molecule has 23 heavy (non-hydrogen) atoms. The Labute approximate surface area is 138 Å². The van der Waals surface area contributed by atoms with E-state index >= 15 is 0 Å². The predicted octanol–water partition coefficient (Wildman–Crippen LogP) is 2.96. The lowest BCUT2D eigenvalue weighted by Gasteiger charge is -2.39. The van der Waals surface area contributed by atoms with Crippen molar-refractivity contribution in [3.63, 3.8) is 0 Å². The van der Waals surface area contributed by atoms with E-state index in [9.17, 15) is 9.90 Å². The Morgan fingerprint density at radius 3 is 2.57 bits per heavy atom. The van der Waals surface area contributed by atoms with E-state index in [1.165, 1.54) is 0 Å². The first kappa shape index (κ1) is 17.8. The number of aliphatic hydroxyl groups excluding tert-OH is 1. The van der Waals surface area contributed by atoms with Gasteiger partial charge in [-0.05, 0) is 39.2 Å². The fraction of sp³-hybridized carbons (Fsp3) is 0.611. The second kappa shape index (κ2) is 7.79. The van der Waals surface area contributed by atoms with Crippen molar-refractivity contribution in [2.24, 2.45) is 0 Å². The molecule has 0 saturated carbocycles. The molecule has 128 valence electrons. The van der Waals surface area contributed by atoms with E-state index in [-0.39, 0.29) is 24.8 Å². The lowest BCUT2D eigenvalue weighted by molar-refractivity contribution is -0.0493. The summed E-state index contributed by atoms with van der Waals surface area (Å²) in [5, 5.41) is 9.51. The quantitative estimate of drug-likeness (QED) is 0.926. The lowest BCUT2D eigenvalue weighted by atomic mass is 10.0. The van der Waals surface area contributed by atoms with Crippen molar-refractivity contribution in [3.8, 4) is 0 Å². The van der Waals surface area contributed by atoms with E-state index in [2.05, 4.69) is 0 Å². The summed E-state index contributed by atoms with van der Waals surface area (Å²) < 4.78 is 11.4. The van der Waals surface area contributed by atoms with E-state index in [0.717, 1.165) is 18.4 Å². The molecule has 1 fully saturated rings. The van der Waals surface area contributed by atoms with Gasteiger partial charge in [0.2, 0.25) is 0 Å². The van der Waals surface area contributed by atoms with Gasteiger partial charge in [-0.15, -0.1) is 0 Å². The summed E-state index contributed by atoms with van der Waals surface area (Å²) in [5.41, 5.74) is 0.565. The first-order valence-electron chi connectivity index (χ1n) is 8.15. The Kier molecular flexibility index (Phi) is 6.02. The highest BCUT2D eigenvalue weighted by Crippen LogP contribution is 2.23. The SMILES string of the molecule is CC(C)(C)OC(=O)N1C[C@@H](OCc2ccccc2)CC[C@H]1CO. The molecule has 0 aromatic heterocycles. The van der Waals surface area contributed by atoms with Crippen molar-refractivity contribution in [1.29, 1.82) is 0 Å². The molecule has 1 saturated heterocycles. The molecule has 0 radical (unpaired) electrons. The van der Waals surface area contributed by atoms with Gasteiger partial charge in [-0.25, -0.2) is 4.79 Å². The van der Waals surface area contributed by atoms with Crippen molar-refractivity contribution >= 4 is 6.09 Å². The summed E-state index contributed by atoms with van der Waals surface area (Å²) in [4.78, 5) is 13.9. The third kappa shape index (κ3) is 5.52. The highest BCUT2D eigenvalue weighted by molar-refractivity contribution is 5.68. The maximum atomic E-state index is 12.3. The zero-order valence-corrected chi connectivity index (χ0v) is 14.2. The van der Waals surface area contributed by atoms with Gasteiger partial charge < -0.3 is 19.5 Å². The van der Waals surface area contributed by atoms with E-state index in [0.29, 0.717) is 13.2 Å². The molecule has 5 heteroatoms. The molecule has 1 aliphatic rings. The van der Waals surface area contributed by atoms with Crippen molar-refractivity contribution in [2.45, 2.75) is 58.0 Å². The number of hydrogen-bond donors (Lipinski definition) is 1. The van der Waals surface area contributed by atoms with Crippen LogP contribution < -0.4 is 0 Å².